The number of nitrogens with two attached hydrogens (primary N) is 2. The van der Waals surface area contributed by atoms with Crippen molar-refractivity contribution < 1.29 is 17.6 Å². The van der Waals surface area contributed by atoms with Gasteiger partial charge in [-0.2, -0.15) is 8.42 Å². The van der Waals surface area contributed by atoms with Crippen LogP contribution < -0.4 is 11.6 Å². The molecule has 0 radical (unpaired) electrons. The number of halogens is 1. The summed E-state index contributed by atoms with van der Waals surface area (Å²) in [7, 11) is -4.19. The molecule has 0 aliphatic rings. The van der Waals surface area contributed by atoms with Gasteiger partial charge in [-0.15, -0.1) is 4.41 Å². The van der Waals surface area contributed by atoms with E-state index >= 15 is 0 Å². The monoisotopic (exact) mass is 233 g/mol. The van der Waals surface area contributed by atoms with Crippen LogP contribution in [-0.4, -0.2) is 18.9 Å². The molecule has 2 amide bonds. The molecule has 0 fully saturated rings. The fourth-order valence-corrected chi connectivity index (χ4v) is 1.78. The summed E-state index contributed by atoms with van der Waals surface area (Å²) in [4.78, 5) is 10.2. The molecule has 0 aromatic heterocycles. The minimum atomic E-state index is -4.19. The van der Waals surface area contributed by atoms with Gasteiger partial charge in [-0.05, 0) is 24.3 Å². The van der Waals surface area contributed by atoms with Crippen LogP contribution in [-0.2, 0) is 10.0 Å². The van der Waals surface area contributed by atoms with Crippen molar-refractivity contribution in [1.82, 2.24) is 4.41 Å². The molecule has 6 nitrogen and oxygen atoms in total. The first-order chi connectivity index (χ1) is 6.85. The van der Waals surface area contributed by atoms with Gasteiger partial charge >= 0.3 is 6.03 Å². The zero-order valence-corrected chi connectivity index (χ0v) is 8.24. The number of hydrogen-bond donors (Lipinski definition) is 2. The molecule has 0 unspecified atom stereocenters. The van der Waals surface area contributed by atoms with Crippen molar-refractivity contribution in [2.75, 3.05) is 0 Å². The SMILES string of the molecule is NC(=O)N(N)S(=O)(=O)c1ccc(F)cc1. The number of carbonyl (C=O) groups is 1. The lowest BCUT2D eigenvalue weighted by Crippen LogP contribution is -2.45. The fourth-order valence-electron chi connectivity index (χ4n) is 0.839. The number of hydrogen-bond acceptors (Lipinski definition) is 4. The number of benzene rings is 1. The van der Waals surface area contributed by atoms with Crippen LogP contribution in [0.25, 0.3) is 0 Å². The Morgan fingerprint density at radius 3 is 2.13 bits per heavy atom. The molecule has 1 aromatic carbocycles. The molecule has 1 aromatic rings. The van der Waals surface area contributed by atoms with E-state index in [1.807, 2.05) is 0 Å². The average Bonchev–Trinajstić information content (AvgIpc) is 2.17. The van der Waals surface area contributed by atoms with Gasteiger partial charge < -0.3 is 5.73 Å². The van der Waals surface area contributed by atoms with E-state index in [4.69, 9.17) is 11.6 Å². The van der Waals surface area contributed by atoms with Crippen LogP contribution >= 0.6 is 0 Å². The highest BCUT2D eigenvalue weighted by Crippen LogP contribution is 2.13. The second-order valence-electron chi connectivity index (χ2n) is 2.59. The highest BCUT2D eigenvalue weighted by Gasteiger charge is 2.24. The van der Waals surface area contributed by atoms with Crippen molar-refractivity contribution in [3.05, 3.63) is 30.1 Å². The quantitative estimate of drug-likeness (QED) is 0.418. The van der Waals surface area contributed by atoms with Crippen molar-refractivity contribution >= 4 is 16.1 Å². The molecule has 0 atom stereocenters. The van der Waals surface area contributed by atoms with Gasteiger partial charge in [0.1, 0.15) is 5.82 Å². The molecule has 0 aliphatic heterocycles. The fraction of sp³-hybridized carbons (Fsp3) is 0. The van der Waals surface area contributed by atoms with Gasteiger partial charge in [0.25, 0.3) is 10.0 Å². The molecule has 82 valence electrons. The van der Waals surface area contributed by atoms with Crippen molar-refractivity contribution in [1.29, 1.82) is 0 Å². The van der Waals surface area contributed by atoms with Gasteiger partial charge in [0.2, 0.25) is 0 Å². The topological polar surface area (TPSA) is 106 Å². The first-order valence-electron chi connectivity index (χ1n) is 3.70. The highest BCUT2D eigenvalue weighted by atomic mass is 32.2. The summed E-state index contributed by atoms with van der Waals surface area (Å²) >= 11 is 0. The Labute approximate surface area is 85.3 Å². The predicted octanol–water partition coefficient (Wildman–Crippen LogP) is -0.231. The van der Waals surface area contributed by atoms with E-state index < -0.39 is 21.9 Å². The molecule has 0 saturated heterocycles. The maximum absolute atomic E-state index is 12.5. The number of amides is 2. The van der Waals surface area contributed by atoms with Gasteiger partial charge in [0.15, 0.2) is 0 Å². The third kappa shape index (κ3) is 2.22. The van der Waals surface area contributed by atoms with Gasteiger partial charge in [0, 0.05) is 0 Å². The van der Waals surface area contributed by atoms with E-state index in [1.54, 1.807) is 0 Å². The van der Waals surface area contributed by atoms with Crippen molar-refractivity contribution in [3.63, 3.8) is 0 Å². The van der Waals surface area contributed by atoms with Gasteiger partial charge in [-0.3, -0.25) is 0 Å². The third-order valence-corrected chi connectivity index (χ3v) is 3.15. The maximum atomic E-state index is 12.5. The first kappa shape index (κ1) is 11.4. The number of rotatable bonds is 2. The van der Waals surface area contributed by atoms with Gasteiger partial charge in [-0.1, -0.05) is 0 Å². The molecular weight excluding hydrogens is 225 g/mol. The number of hydrazine groups is 1. The van der Waals surface area contributed by atoms with Gasteiger partial charge in [-0.25, -0.2) is 15.0 Å². The Hall–Kier alpha value is -1.67. The summed E-state index contributed by atoms with van der Waals surface area (Å²) in [6, 6.07) is 2.50. The Morgan fingerprint density at radius 1 is 1.27 bits per heavy atom. The second kappa shape index (κ2) is 3.83. The maximum Gasteiger partial charge on any atom is 0.343 e. The molecular formula is C7H8FN3O3S. The Balaban J connectivity index is 3.17. The summed E-state index contributed by atoms with van der Waals surface area (Å²) < 4.78 is 35.3. The standard InChI is InChI=1S/C7H8FN3O3S/c8-5-1-3-6(4-2-5)15(13,14)11(10)7(9)12/h1-4H,10H2,(H2,9,12). The molecule has 0 heterocycles. The van der Waals surface area contributed by atoms with Gasteiger partial charge in [0.05, 0.1) is 4.90 Å². The summed E-state index contributed by atoms with van der Waals surface area (Å²) in [6.45, 7) is 0. The predicted molar refractivity (Wildman–Crippen MR) is 49.2 cm³/mol. The normalized spacial score (nSPS) is 11.1. The zero-order chi connectivity index (χ0) is 11.6. The average molecular weight is 233 g/mol. The second-order valence-corrected chi connectivity index (χ2v) is 4.41. The zero-order valence-electron chi connectivity index (χ0n) is 7.42. The minimum Gasteiger partial charge on any atom is -0.349 e. The van der Waals surface area contributed by atoms with Crippen LogP contribution in [0.15, 0.2) is 29.2 Å². The molecule has 15 heavy (non-hydrogen) atoms. The van der Waals surface area contributed by atoms with E-state index in [0.717, 1.165) is 24.3 Å². The Kier molecular flexibility index (Phi) is 2.91. The number of primary amides is 1. The number of sulfonamides is 1. The Bertz CT molecular complexity index is 471. The smallest absolute Gasteiger partial charge is 0.343 e. The summed E-state index contributed by atoms with van der Waals surface area (Å²) in [5.74, 6) is 4.34. The third-order valence-electron chi connectivity index (χ3n) is 1.59. The summed E-state index contributed by atoms with van der Waals surface area (Å²) in [6.07, 6.45) is 0. The molecule has 0 spiro atoms. The number of nitrogens with zero attached hydrogens (tertiary/aromatic N) is 1. The Morgan fingerprint density at radius 2 is 1.73 bits per heavy atom. The van der Waals surface area contributed by atoms with Crippen LogP contribution in [0.2, 0.25) is 0 Å². The van der Waals surface area contributed by atoms with Crippen molar-refractivity contribution in [2.45, 2.75) is 4.90 Å². The van der Waals surface area contributed by atoms with Crippen LogP contribution in [0.4, 0.5) is 9.18 Å². The number of urea groups is 1. The van der Waals surface area contributed by atoms with E-state index in [0.29, 0.717) is 0 Å². The van der Waals surface area contributed by atoms with E-state index in [1.165, 1.54) is 0 Å². The molecule has 0 bridgehead atoms. The van der Waals surface area contributed by atoms with Crippen LogP contribution in [0.1, 0.15) is 0 Å². The largest absolute Gasteiger partial charge is 0.349 e. The lowest BCUT2D eigenvalue weighted by atomic mass is 10.4. The highest BCUT2D eigenvalue weighted by molar-refractivity contribution is 7.89. The van der Waals surface area contributed by atoms with Crippen LogP contribution in [0.3, 0.4) is 0 Å². The molecule has 8 heteroatoms. The van der Waals surface area contributed by atoms with Crippen molar-refractivity contribution in [2.24, 2.45) is 11.6 Å². The lowest BCUT2D eigenvalue weighted by Gasteiger charge is -2.13. The van der Waals surface area contributed by atoms with Crippen molar-refractivity contribution in [3.8, 4) is 0 Å². The molecule has 0 aliphatic carbocycles. The minimum absolute atomic E-state index is 0.111. The van der Waals surface area contributed by atoms with Crippen LogP contribution in [0, 0.1) is 5.82 Å². The molecule has 4 N–H and O–H groups in total. The first-order valence-corrected chi connectivity index (χ1v) is 5.15. The molecule has 0 saturated carbocycles. The van der Waals surface area contributed by atoms with E-state index in [9.17, 15) is 17.6 Å². The number of carbonyl (C=O) groups excluding carboxylic acids is 1. The van der Waals surface area contributed by atoms with E-state index in [2.05, 4.69) is 0 Å². The summed E-state index contributed by atoms with van der Waals surface area (Å²) in [5, 5.41) is 0. The van der Waals surface area contributed by atoms with E-state index in [-0.39, 0.29) is 9.31 Å². The molecule has 1 rings (SSSR count). The lowest BCUT2D eigenvalue weighted by molar-refractivity contribution is 0.232. The summed E-state index contributed by atoms with van der Waals surface area (Å²) in [5.41, 5.74) is 4.70. The van der Waals surface area contributed by atoms with Crippen LogP contribution in [0.5, 0.6) is 0 Å².